The third-order valence-corrected chi connectivity index (χ3v) is 8.70. The standard InChI is InChI=1S/C27H28N2S3/c1-16(2)5-6-18-7-9-19(10-8-18)21-11-12-22(27-26(21)28-32-29-27)23-15-25-24(31-23)14-20(30-25)13-17(3)4/h7-12,14-17H,5-6,13H2,1-4H3. The Labute approximate surface area is 202 Å². The summed E-state index contributed by atoms with van der Waals surface area (Å²) in [6.45, 7) is 9.13. The molecule has 0 fully saturated rings. The Morgan fingerprint density at radius 2 is 1.44 bits per heavy atom. The zero-order chi connectivity index (χ0) is 22.2. The van der Waals surface area contributed by atoms with Gasteiger partial charge in [-0.15, -0.1) is 22.7 Å². The Kier molecular flexibility index (Phi) is 6.15. The number of aromatic nitrogens is 2. The van der Waals surface area contributed by atoms with Crippen LogP contribution in [0.3, 0.4) is 0 Å². The smallest absolute Gasteiger partial charge is 0.114 e. The van der Waals surface area contributed by atoms with Gasteiger partial charge in [-0.1, -0.05) is 64.1 Å². The molecule has 0 aliphatic rings. The molecule has 3 aromatic heterocycles. The first-order chi connectivity index (χ1) is 15.5. The van der Waals surface area contributed by atoms with Gasteiger partial charge >= 0.3 is 0 Å². The summed E-state index contributed by atoms with van der Waals surface area (Å²) < 4.78 is 12.2. The van der Waals surface area contributed by atoms with Crippen LogP contribution in [-0.4, -0.2) is 8.75 Å². The third kappa shape index (κ3) is 4.39. The van der Waals surface area contributed by atoms with Gasteiger partial charge in [0, 0.05) is 30.3 Å². The van der Waals surface area contributed by atoms with E-state index >= 15 is 0 Å². The number of nitrogens with zero attached hydrogens (tertiary/aromatic N) is 2. The SMILES string of the molecule is CC(C)CCc1ccc(-c2ccc(-c3cc4sc(CC(C)C)cc4s3)c3nsnc23)cc1. The second-order valence-corrected chi connectivity index (χ2v) is 12.2. The Bertz CT molecular complexity index is 1320. The van der Waals surface area contributed by atoms with E-state index < -0.39 is 0 Å². The molecule has 2 aromatic carbocycles. The maximum absolute atomic E-state index is 4.70. The zero-order valence-corrected chi connectivity index (χ0v) is 21.5. The average Bonchev–Trinajstić information content (AvgIpc) is 3.46. The van der Waals surface area contributed by atoms with E-state index in [4.69, 9.17) is 4.37 Å². The van der Waals surface area contributed by atoms with E-state index in [1.807, 2.05) is 22.7 Å². The molecule has 5 heteroatoms. The minimum atomic E-state index is 0.694. The monoisotopic (exact) mass is 476 g/mol. The third-order valence-electron chi connectivity index (χ3n) is 5.82. The van der Waals surface area contributed by atoms with Crippen LogP contribution in [-0.2, 0) is 12.8 Å². The quantitative estimate of drug-likeness (QED) is 0.234. The Morgan fingerprint density at radius 3 is 2.12 bits per heavy atom. The fourth-order valence-corrected chi connectivity index (χ4v) is 7.36. The molecule has 0 saturated carbocycles. The van der Waals surface area contributed by atoms with E-state index in [2.05, 4.69) is 80.6 Å². The topological polar surface area (TPSA) is 25.8 Å². The predicted molar refractivity (Wildman–Crippen MR) is 143 cm³/mol. The van der Waals surface area contributed by atoms with Crippen molar-refractivity contribution in [2.24, 2.45) is 11.8 Å². The molecule has 164 valence electrons. The number of hydrogen-bond acceptors (Lipinski definition) is 5. The molecule has 0 aliphatic heterocycles. The molecule has 0 radical (unpaired) electrons. The normalized spacial score (nSPS) is 12.1. The van der Waals surface area contributed by atoms with Crippen molar-refractivity contribution in [2.75, 3.05) is 0 Å². The number of benzene rings is 2. The Morgan fingerprint density at radius 1 is 0.750 bits per heavy atom. The van der Waals surface area contributed by atoms with Crippen LogP contribution in [0.15, 0.2) is 48.5 Å². The van der Waals surface area contributed by atoms with Gasteiger partial charge in [-0.3, -0.25) is 0 Å². The lowest BCUT2D eigenvalue weighted by molar-refractivity contribution is 0.587. The number of fused-ring (bicyclic) bond motifs is 2. The van der Waals surface area contributed by atoms with Crippen LogP contribution in [0, 0.1) is 11.8 Å². The van der Waals surface area contributed by atoms with E-state index in [1.54, 1.807) is 0 Å². The van der Waals surface area contributed by atoms with Crippen LogP contribution in [0.25, 0.3) is 42.0 Å². The van der Waals surface area contributed by atoms with Crippen molar-refractivity contribution in [3.05, 3.63) is 59.0 Å². The summed E-state index contributed by atoms with van der Waals surface area (Å²) in [5.74, 6) is 1.43. The summed E-state index contributed by atoms with van der Waals surface area (Å²) in [4.78, 5) is 2.77. The molecule has 5 rings (SSSR count). The van der Waals surface area contributed by atoms with Gasteiger partial charge in [-0.2, -0.15) is 8.75 Å². The molecule has 0 spiro atoms. The van der Waals surface area contributed by atoms with Crippen molar-refractivity contribution in [2.45, 2.75) is 47.0 Å². The fraction of sp³-hybridized carbons (Fsp3) is 0.333. The molecule has 0 bridgehead atoms. The summed E-state index contributed by atoms with van der Waals surface area (Å²) in [6, 6.07) is 18.2. The van der Waals surface area contributed by atoms with Crippen LogP contribution >= 0.6 is 34.4 Å². The summed E-state index contributed by atoms with van der Waals surface area (Å²) in [5, 5.41) is 0. The van der Waals surface area contributed by atoms with Crippen LogP contribution in [0.1, 0.15) is 44.6 Å². The second kappa shape index (κ2) is 9.05. The summed E-state index contributed by atoms with van der Waals surface area (Å²) in [6.07, 6.45) is 3.52. The van der Waals surface area contributed by atoms with Crippen molar-refractivity contribution < 1.29 is 0 Å². The van der Waals surface area contributed by atoms with Crippen LogP contribution in [0.2, 0.25) is 0 Å². The molecule has 3 heterocycles. The summed E-state index contributed by atoms with van der Waals surface area (Å²) in [7, 11) is 0. The Balaban J connectivity index is 1.47. The van der Waals surface area contributed by atoms with Crippen molar-refractivity contribution in [1.29, 1.82) is 0 Å². The number of hydrogen-bond donors (Lipinski definition) is 0. The van der Waals surface area contributed by atoms with Gasteiger partial charge in [0.25, 0.3) is 0 Å². The Hall–Kier alpha value is -2.08. The van der Waals surface area contributed by atoms with Gasteiger partial charge < -0.3 is 0 Å². The zero-order valence-electron chi connectivity index (χ0n) is 19.0. The van der Waals surface area contributed by atoms with Crippen molar-refractivity contribution in [1.82, 2.24) is 8.75 Å². The second-order valence-electron chi connectivity index (χ2n) is 9.40. The van der Waals surface area contributed by atoms with Crippen LogP contribution < -0.4 is 0 Å². The fourth-order valence-electron chi connectivity index (χ4n) is 4.13. The molecular weight excluding hydrogens is 449 g/mol. The maximum atomic E-state index is 4.70. The highest BCUT2D eigenvalue weighted by Gasteiger charge is 2.16. The lowest BCUT2D eigenvalue weighted by Crippen LogP contribution is -1.92. The number of thiophene rings is 2. The van der Waals surface area contributed by atoms with Crippen molar-refractivity contribution in [3.8, 4) is 21.6 Å². The predicted octanol–water partition coefficient (Wildman–Crippen LogP) is 9.09. The van der Waals surface area contributed by atoms with Gasteiger partial charge in [-0.05, 0) is 54.4 Å². The van der Waals surface area contributed by atoms with Crippen molar-refractivity contribution in [3.63, 3.8) is 0 Å². The average molecular weight is 477 g/mol. The molecule has 32 heavy (non-hydrogen) atoms. The van der Waals surface area contributed by atoms with E-state index in [0.29, 0.717) is 5.92 Å². The summed E-state index contributed by atoms with van der Waals surface area (Å²) >= 11 is 5.12. The number of rotatable bonds is 7. The molecule has 5 aromatic rings. The molecule has 0 saturated heterocycles. The molecule has 0 amide bonds. The van der Waals surface area contributed by atoms with Gasteiger partial charge in [-0.25, -0.2) is 0 Å². The van der Waals surface area contributed by atoms with Crippen LogP contribution in [0.5, 0.6) is 0 Å². The lowest BCUT2D eigenvalue weighted by atomic mass is 9.97. The highest BCUT2D eigenvalue weighted by Crippen LogP contribution is 2.42. The minimum Gasteiger partial charge on any atom is -0.172 e. The lowest BCUT2D eigenvalue weighted by Gasteiger charge is -2.08. The van der Waals surface area contributed by atoms with Gasteiger partial charge in [0.15, 0.2) is 0 Å². The van der Waals surface area contributed by atoms with E-state index in [0.717, 1.165) is 29.8 Å². The van der Waals surface area contributed by atoms with Gasteiger partial charge in [0.1, 0.15) is 11.0 Å². The first-order valence-corrected chi connectivity index (χ1v) is 13.7. The molecule has 0 atom stereocenters. The summed E-state index contributed by atoms with van der Waals surface area (Å²) in [5.41, 5.74) is 7.03. The highest BCUT2D eigenvalue weighted by molar-refractivity contribution is 7.29. The van der Waals surface area contributed by atoms with Gasteiger partial charge in [0.2, 0.25) is 0 Å². The van der Waals surface area contributed by atoms with Gasteiger partial charge in [0.05, 0.1) is 11.7 Å². The maximum Gasteiger partial charge on any atom is 0.114 e. The van der Waals surface area contributed by atoms with Crippen LogP contribution in [0.4, 0.5) is 0 Å². The first kappa shape index (κ1) is 21.7. The van der Waals surface area contributed by atoms with E-state index in [9.17, 15) is 0 Å². The molecule has 0 N–H and O–H groups in total. The van der Waals surface area contributed by atoms with E-state index in [-0.39, 0.29) is 0 Å². The largest absolute Gasteiger partial charge is 0.172 e. The minimum absolute atomic E-state index is 0.694. The highest BCUT2D eigenvalue weighted by atomic mass is 32.1. The number of aryl methyl sites for hydroxylation is 1. The van der Waals surface area contributed by atoms with E-state index in [1.165, 1.54) is 59.6 Å². The molecule has 0 unspecified atom stereocenters. The molecule has 0 aliphatic carbocycles. The van der Waals surface area contributed by atoms with Crippen molar-refractivity contribution >= 4 is 54.8 Å². The first-order valence-electron chi connectivity index (χ1n) is 11.3. The molecule has 2 nitrogen and oxygen atoms in total. The molecular formula is C27H28N2S3.